The SMILES string of the molecule is CC(C)=CCc1c(C)c(CC=C(C)C)c2c(c1O)C(=O)c1c(O)cc(O)c(CC=C(CO)CO)c1C2. The molecule has 3 rings (SSSR count). The van der Waals surface area contributed by atoms with Gasteiger partial charge in [-0.25, -0.2) is 0 Å². The Labute approximate surface area is 212 Å². The Morgan fingerprint density at radius 2 is 1.31 bits per heavy atom. The lowest BCUT2D eigenvalue weighted by Crippen LogP contribution is -2.21. The molecule has 0 saturated carbocycles. The van der Waals surface area contributed by atoms with Crippen LogP contribution in [0, 0.1) is 6.92 Å². The zero-order valence-electron chi connectivity index (χ0n) is 21.7. The van der Waals surface area contributed by atoms with Crippen molar-refractivity contribution >= 4 is 5.78 Å². The Morgan fingerprint density at radius 3 is 1.86 bits per heavy atom. The van der Waals surface area contributed by atoms with Gasteiger partial charge in [0.25, 0.3) is 0 Å². The van der Waals surface area contributed by atoms with Gasteiger partial charge in [-0.3, -0.25) is 4.79 Å². The van der Waals surface area contributed by atoms with Crippen molar-refractivity contribution in [1.29, 1.82) is 0 Å². The van der Waals surface area contributed by atoms with Crippen molar-refractivity contribution in [2.45, 2.75) is 60.3 Å². The molecule has 0 radical (unpaired) electrons. The van der Waals surface area contributed by atoms with Crippen LogP contribution in [0.3, 0.4) is 0 Å². The number of benzene rings is 2. The van der Waals surface area contributed by atoms with Crippen molar-refractivity contribution in [2.75, 3.05) is 13.2 Å². The fraction of sp³-hybridized carbons (Fsp3) is 0.367. The Hall–Kier alpha value is -3.35. The summed E-state index contributed by atoms with van der Waals surface area (Å²) < 4.78 is 0. The third-order valence-corrected chi connectivity index (χ3v) is 6.84. The normalized spacial score (nSPS) is 12.0. The first kappa shape index (κ1) is 27.2. The molecular weight excluding hydrogens is 456 g/mol. The molecule has 0 heterocycles. The van der Waals surface area contributed by atoms with Crippen LogP contribution >= 0.6 is 0 Å². The van der Waals surface area contributed by atoms with E-state index >= 15 is 0 Å². The summed E-state index contributed by atoms with van der Waals surface area (Å²) in [7, 11) is 0. The topological polar surface area (TPSA) is 118 Å². The van der Waals surface area contributed by atoms with Crippen LogP contribution in [0.25, 0.3) is 0 Å². The molecule has 0 fully saturated rings. The van der Waals surface area contributed by atoms with E-state index in [1.54, 1.807) is 6.08 Å². The van der Waals surface area contributed by atoms with E-state index in [2.05, 4.69) is 6.08 Å². The van der Waals surface area contributed by atoms with Crippen LogP contribution in [0.4, 0.5) is 0 Å². The van der Waals surface area contributed by atoms with E-state index in [0.717, 1.165) is 28.3 Å². The first-order valence-electron chi connectivity index (χ1n) is 12.2. The number of hydrogen-bond acceptors (Lipinski definition) is 6. The van der Waals surface area contributed by atoms with Gasteiger partial charge in [-0.15, -0.1) is 0 Å². The van der Waals surface area contributed by atoms with E-state index in [1.807, 2.05) is 40.7 Å². The number of hydrogen-bond donors (Lipinski definition) is 5. The van der Waals surface area contributed by atoms with Crippen molar-refractivity contribution < 1.29 is 30.3 Å². The molecule has 6 nitrogen and oxygen atoms in total. The number of ketones is 1. The summed E-state index contributed by atoms with van der Waals surface area (Å²) in [5.41, 5.74) is 7.10. The highest BCUT2D eigenvalue weighted by molar-refractivity contribution is 6.16. The van der Waals surface area contributed by atoms with Crippen molar-refractivity contribution in [2.24, 2.45) is 0 Å². The van der Waals surface area contributed by atoms with Gasteiger partial charge in [-0.05, 0) is 88.1 Å². The molecule has 0 bridgehead atoms. The average molecular weight is 493 g/mol. The Kier molecular flexibility index (Phi) is 8.43. The number of fused-ring (bicyclic) bond motifs is 2. The predicted molar refractivity (Wildman–Crippen MR) is 141 cm³/mol. The summed E-state index contributed by atoms with van der Waals surface area (Å²) in [6.45, 7) is 9.29. The zero-order chi connectivity index (χ0) is 26.7. The van der Waals surface area contributed by atoms with Crippen LogP contribution < -0.4 is 0 Å². The number of phenolic OH excluding ortho intramolecular Hbond substituents is 3. The van der Waals surface area contributed by atoms with Crippen LogP contribution in [-0.4, -0.2) is 44.5 Å². The minimum Gasteiger partial charge on any atom is -0.508 e. The van der Waals surface area contributed by atoms with E-state index in [9.17, 15) is 30.3 Å². The van der Waals surface area contributed by atoms with Gasteiger partial charge in [-0.2, -0.15) is 0 Å². The second kappa shape index (κ2) is 11.1. The number of phenols is 3. The van der Waals surface area contributed by atoms with E-state index in [4.69, 9.17) is 0 Å². The fourth-order valence-corrected chi connectivity index (χ4v) is 4.76. The van der Waals surface area contributed by atoms with Gasteiger partial charge in [0.05, 0.1) is 24.3 Å². The minimum atomic E-state index is -0.479. The summed E-state index contributed by atoms with van der Waals surface area (Å²) >= 11 is 0. The van der Waals surface area contributed by atoms with Gasteiger partial charge in [0, 0.05) is 17.2 Å². The monoisotopic (exact) mass is 492 g/mol. The maximum Gasteiger partial charge on any atom is 0.201 e. The van der Waals surface area contributed by atoms with Crippen molar-refractivity contribution in [3.05, 3.63) is 85.5 Å². The van der Waals surface area contributed by atoms with E-state index in [0.29, 0.717) is 40.7 Å². The lowest BCUT2D eigenvalue weighted by molar-refractivity contribution is 0.102. The molecule has 6 heteroatoms. The maximum absolute atomic E-state index is 13.8. The van der Waals surface area contributed by atoms with E-state index in [-0.39, 0.29) is 54.4 Å². The van der Waals surface area contributed by atoms with Gasteiger partial charge in [-0.1, -0.05) is 29.4 Å². The Morgan fingerprint density at radius 1 is 0.778 bits per heavy atom. The second-order valence-electron chi connectivity index (χ2n) is 9.89. The summed E-state index contributed by atoms with van der Waals surface area (Å²) in [4.78, 5) is 13.8. The summed E-state index contributed by atoms with van der Waals surface area (Å²) in [6, 6.07) is 1.14. The quantitative estimate of drug-likeness (QED) is 0.291. The molecule has 0 unspecified atom stereocenters. The molecule has 0 aliphatic heterocycles. The van der Waals surface area contributed by atoms with Crippen molar-refractivity contribution in [3.63, 3.8) is 0 Å². The van der Waals surface area contributed by atoms with Gasteiger partial charge in [0.15, 0.2) is 0 Å². The highest BCUT2D eigenvalue weighted by Crippen LogP contribution is 2.45. The van der Waals surface area contributed by atoms with E-state index in [1.165, 1.54) is 0 Å². The molecule has 0 aromatic heterocycles. The third kappa shape index (κ3) is 5.25. The fourth-order valence-electron chi connectivity index (χ4n) is 4.76. The molecule has 5 N–H and O–H groups in total. The second-order valence-corrected chi connectivity index (χ2v) is 9.89. The lowest BCUT2D eigenvalue weighted by atomic mass is 9.76. The molecule has 2 aromatic rings. The van der Waals surface area contributed by atoms with Crippen LogP contribution in [0.15, 0.2) is 41.0 Å². The maximum atomic E-state index is 13.8. The first-order chi connectivity index (χ1) is 17.0. The summed E-state index contributed by atoms with van der Waals surface area (Å²) in [5.74, 6) is -1.05. The third-order valence-electron chi connectivity index (χ3n) is 6.84. The highest BCUT2D eigenvalue weighted by Gasteiger charge is 2.35. The van der Waals surface area contributed by atoms with E-state index < -0.39 is 5.78 Å². The molecule has 0 saturated heterocycles. The van der Waals surface area contributed by atoms with Gasteiger partial charge in [0.1, 0.15) is 17.2 Å². The highest BCUT2D eigenvalue weighted by atomic mass is 16.3. The zero-order valence-corrected chi connectivity index (χ0v) is 21.7. The molecule has 192 valence electrons. The van der Waals surface area contributed by atoms with Gasteiger partial charge in [0.2, 0.25) is 5.78 Å². The molecule has 1 aliphatic carbocycles. The molecule has 1 aliphatic rings. The molecule has 2 aromatic carbocycles. The number of carbonyl (C=O) groups is 1. The first-order valence-corrected chi connectivity index (χ1v) is 12.2. The molecule has 0 amide bonds. The van der Waals surface area contributed by atoms with Crippen LogP contribution in [-0.2, 0) is 25.7 Å². The molecule has 36 heavy (non-hydrogen) atoms. The number of aromatic hydroxyl groups is 3. The summed E-state index contributed by atoms with van der Waals surface area (Å²) in [5, 5.41) is 51.5. The summed E-state index contributed by atoms with van der Waals surface area (Å²) in [6.07, 6.45) is 7.20. The van der Waals surface area contributed by atoms with Gasteiger partial charge < -0.3 is 25.5 Å². The number of aliphatic hydroxyl groups excluding tert-OH is 2. The van der Waals surface area contributed by atoms with Gasteiger partial charge >= 0.3 is 0 Å². The number of carbonyl (C=O) groups excluding carboxylic acids is 1. The molecule has 0 atom stereocenters. The smallest absolute Gasteiger partial charge is 0.201 e. The lowest BCUT2D eigenvalue weighted by Gasteiger charge is -2.28. The predicted octanol–water partition coefficient (Wildman–Crippen LogP) is 4.72. The number of rotatable bonds is 8. The van der Waals surface area contributed by atoms with Crippen LogP contribution in [0.2, 0.25) is 0 Å². The average Bonchev–Trinajstić information content (AvgIpc) is 2.80. The Bertz CT molecular complexity index is 1280. The Balaban J connectivity index is 2.31. The number of aliphatic hydroxyl groups is 2. The van der Waals surface area contributed by atoms with Crippen molar-refractivity contribution in [3.8, 4) is 17.2 Å². The number of allylic oxidation sites excluding steroid dienone is 5. The minimum absolute atomic E-state index is 0.0617. The molecular formula is C30H36O6. The standard InChI is InChI=1S/C30H36O6/c1-16(2)6-9-20-18(5)21(10-7-17(3)4)29(35)28-23(20)12-24-22(11-8-19(14-31)15-32)25(33)13-26(34)27(24)30(28)36/h6-8,13,31-35H,9-12,14-15H2,1-5H3. The van der Waals surface area contributed by atoms with Crippen LogP contribution in [0.5, 0.6) is 17.2 Å². The van der Waals surface area contributed by atoms with Crippen LogP contribution in [0.1, 0.15) is 77.0 Å². The largest absolute Gasteiger partial charge is 0.508 e. The van der Waals surface area contributed by atoms with Crippen molar-refractivity contribution in [1.82, 2.24) is 0 Å². The molecule has 0 spiro atoms.